The first kappa shape index (κ1) is 15.1. The van der Waals surface area contributed by atoms with Gasteiger partial charge < -0.3 is 5.32 Å². The minimum absolute atomic E-state index is 0.288. The Balaban J connectivity index is 2.44. The fourth-order valence-corrected chi connectivity index (χ4v) is 2.93. The van der Waals surface area contributed by atoms with E-state index in [2.05, 4.69) is 5.32 Å². The second kappa shape index (κ2) is 6.41. The van der Waals surface area contributed by atoms with E-state index in [0.717, 1.165) is 17.4 Å². The van der Waals surface area contributed by atoms with Crippen LogP contribution in [0, 0.1) is 0 Å². The Morgan fingerprint density at radius 1 is 1.15 bits per heavy atom. The SMILES string of the molecule is CCCNC(c1cccs1)c1ccccc1C(F)(F)F. The molecule has 2 rings (SSSR count). The highest BCUT2D eigenvalue weighted by Gasteiger charge is 2.35. The maximum absolute atomic E-state index is 13.1. The van der Waals surface area contributed by atoms with Gasteiger partial charge in [-0.15, -0.1) is 11.3 Å². The maximum atomic E-state index is 13.1. The minimum atomic E-state index is -4.33. The maximum Gasteiger partial charge on any atom is 0.416 e. The predicted octanol–water partition coefficient (Wildman–Crippen LogP) is 4.86. The molecule has 108 valence electrons. The Morgan fingerprint density at radius 2 is 1.90 bits per heavy atom. The van der Waals surface area contributed by atoms with E-state index < -0.39 is 17.8 Å². The third-order valence-corrected chi connectivity index (χ3v) is 3.94. The molecule has 0 fully saturated rings. The minimum Gasteiger partial charge on any atom is -0.306 e. The summed E-state index contributed by atoms with van der Waals surface area (Å²) in [6, 6.07) is 9.09. The first-order valence-electron chi connectivity index (χ1n) is 6.47. The average Bonchev–Trinajstić information content (AvgIpc) is 2.92. The van der Waals surface area contributed by atoms with Crippen molar-refractivity contribution in [2.24, 2.45) is 0 Å². The molecule has 1 aromatic heterocycles. The van der Waals surface area contributed by atoms with Gasteiger partial charge in [-0.05, 0) is 36.0 Å². The lowest BCUT2D eigenvalue weighted by molar-refractivity contribution is -0.138. The molecule has 1 aromatic carbocycles. The van der Waals surface area contributed by atoms with Gasteiger partial charge in [0.15, 0.2) is 0 Å². The number of halogens is 3. The van der Waals surface area contributed by atoms with Crippen molar-refractivity contribution in [1.82, 2.24) is 5.32 Å². The van der Waals surface area contributed by atoms with Gasteiger partial charge in [0.05, 0.1) is 11.6 Å². The summed E-state index contributed by atoms with van der Waals surface area (Å²) in [6.07, 6.45) is -3.46. The summed E-state index contributed by atoms with van der Waals surface area (Å²) in [7, 11) is 0. The Kier molecular flexibility index (Phi) is 4.83. The molecule has 0 aliphatic heterocycles. The van der Waals surface area contributed by atoms with E-state index in [9.17, 15) is 13.2 Å². The zero-order chi connectivity index (χ0) is 14.6. The summed E-state index contributed by atoms with van der Waals surface area (Å²) in [5.41, 5.74) is -0.280. The molecule has 0 bridgehead atoms. The monoisotopic (exact) mass is 299 g/mol. The third-order valence-electron chi connectivity index (χ3n) is 3.00. The molecule has 20 heavy (non-hydrogen) atoms. The summed E-state index contributed by atoms with van der Waals surface area (Å²) in [4.78, 5) is 0.898. The normalized spacial score (nSPS) is 13.4. The first-order valence-corrected chi connectivity index (χ1v) is 7.35. The van der Waals surface area contributed by atoms with Crippen LogP contribution in [0.25, 0.3) is 0 Å². The van der Waals surface area contributed by atoms with Crippen molar-refractivity contribution in [3.63, 3.8) is 0 Å². The van der Waals surface area contributed by atoms with Gasteiger partial charge >= 0.3 is 6.18 Å². The van der Waals surface area contributed by atoms with Crippen LogP contribution in [0.3, 0.4) is 0 Å². The van der Waals surface area contributed by atoms with Gasteiger partial charge in [-0.3, -0.25) is 0 Å². The van der Waals surface area contributed by atoms with Gasteiger partial charge in [0, 0.05) is 4.88 Å². The van der Waals surface area contributed by atoms with Crippen LogP contribution < -0.4 is 5.32 Å². The molecule has 0 radical (unpaired) electrons. The summed E-state index contributed by atoms with van der Waals surface area (Å²) < 4.78 is 39.4. The number of rotatable bonds is 5. The number of alkyl halides is 3. The summed E-state index contributed by atoms with van der Waals surface area (Å²) in [5, 5.41) is 5.09. The van der Waals surface area contributed by atoms with Crippen LogP contribution in [0.15, 0.2) is 41.8 Å². The lowest BCUT2D eigenvalue weighted by Gasteiger charge is -2.22. The lowest BCUT2D eigenvalue weighted by atomic mass is 9.98. The molecule has 1 nitrogen and oxygen atoms in total. The van der Waals surface area contributed by atoms with Crippen LogP contribution >= 0.6 is 11.3 Å². The number of nitrogens with one attached hydrogen (secondary N) is 1. The van der Waals surface area contributed by atoms with E-state index >= 15 is 0 Å². The fourth-order valence-electron chi connectivity index (χ4n) is 2.11. The quantitative estimate of drug-likeness (QED) is 0.831. The van der Waals surface area contributed by atoms with E-state index in [1.165, 1.54) is 17.4 Å². The van der Waals surface area contributed by atoms with Crippen molar-refractivity contribution in [2.45, 2.75) is 25.6 Å². The van der Waals surface area contributed by atoms with Crippen molar-refractivity contribution in [3.8, 4) is 0 Å². The molecule has 0 amide bonds. The van der Waals surface area contributed by atoms with Gasteiger partial charge in [-0.1, -0.05) is 31.2 Å². The van der Waals surface area contributed by atoms with Crippen LogP contribution in [0.5, 0.6) is 0 Å². The molecule has 2 aromatic rings. The molecule has 1 unspecified atom stereocenters. The Hall–Kier alpha value is -1.33. The largest absolute Gasteiger partial charge is 0.416 e. The zero-order valence-corrected chi connectivity index (χ0v) is 11.9. The van der Waals surface area contributed by atoms with Crippen molar-refractivity contribution in [1.29, 1.82) is 0 Å². The molecule has 1 heterocycles. The summed E-state index contributed by atoms with van der Waals surface area (Å²) >= 11 is 1.47. The van der Waals surface area contributed by atoms with E-state index in [4.69, 9.17) is 0 Å². The Morgan fingerprint density at radius 3 is 2.50 bits per heavy atom. The number of hydrogen-bond acceptors (Lipinski definition) is 2. The van der Waals surface area contributed by atoms with Crippen LogP contribution in [-0.4, -0.2) is 6.54 Å². The fraction of sp³-hybridized carbons (Fsp3) is 0.333. The van der Waals surface area contributed by atoms with E-state index in [0.29, 0.717) is 6.54 Å². The molecule has 5 heteroatoms. The smallest absolute Gasteiger partial charge is 0.306 e. The van der Waals surface area contributed by atoms with Crippen molar-refractivity contribution in [3.05, 3.63) is 57.8 Å². The Labute approximate surface area is 120 Å². The molecule has 0 aliphatic carbocycles. The summed E-state index contributed by atoms with van der Waals surface area (Å²) in [6.45, 7) is 2.67. The first-order chi connectivity index (χ1) is 9.54. The van der Waals surface area contributed by atoms with Gasteiger partial charge in [0.1, 0.15) is 0 Å². The average molecular weight is 299 g/mol. The number of thiophene rings is 1. The van der Waals surface area contributed by atoms with Crippen molar-refractivity contribution in [2.75, 3.05) is 6.54 Å². The second-order valence-electron chi connectivity index (χ2n) is 4.49. The topological polar surface area (TPSA) is 12.0 Å². The van der Waals surface area contributed by atoms with E-state index in [1.807, 2.05) is 24.4 Å². The van der Waals surface area contributed by atoms with Crippen LogP contribution in [0.1, 0.15) is 35.4 Å². The molecule has 0 spiro atoms. The number of benzene rings is 1. The number of hydrogen-bond donors (Lipinski definition) is 1. The van der Waals surface area contributed by atoms with E-state index in [1.54, 1.807) is 12.1 Å². The van der Waals surface area contributed by atoms with E-state index in [-0.39, 0.29) is 5.56 Å². The van der Waals surface area contributed by atoms with Gasteiger partial charge in [0.2, 0.25) is 0 Å². The van der Waals surface area contributed by atoms with Crippen molar-refractivity contribution >= 4 is 11.3 Å². The molecular formula is C15H16F3NS. The standard InChI is InChI=1S/C15H16F3NS/c1-2-9-19-14(13-8-5-10-20-13)11-6-3-4-7-12(11)15(16,17)18/h3-8,10,14,19H,2,9H2,1H3. The van der Waals surface area contributed by atoms with Crippen LogP contribution in [0.4, 0.5) is 13.2 Å². The molecule has 1 atom stereocenters. The van der Waals surface area contributed by atoms with Gasteiger partial charge in [-0.25, -0.2) is 0 Å². The second-order valence-corrected chi connectivity index (χ2v) is 5.47. The van der Waals surface area contributed by atoms with Crippen LogP contribution in [-0.2, 0) is 6.18 Å². The Bertz CT molecular complexity index is 534. The molecule has 0 aliphatic rings. The molecule has 1 N–H and O–H groups in total. The highest BCUT2D eigenvalue weighted by Crippen LogP contribution is 2.37. The zero-order valence-electron chi connectivity index (χ0n) is 11.1. The predicted molar refractivity (Wildman–Crippen MR) is 75.9 cm³/mol. The van der Waals surface area contributed by atoms with Gasteiger partial charge in [0.25, 0.3) is 0 Å². The molecule has 0 saturated heterocycles. The highest BCUT2D eigenvalue weighted by atomic mass is 32.1. The highest BCUT2D eigenvalue weighted by molar-refractivity contribution is 7.10. The lowest BCUT2D eigenvalue weighted by Crippen LogP contribution is -2.25. The third kappa shape index (κ3) is 3.41. The summed E-state index contributed by atoms with van der Waals surface area (Å²) in [5.74, 6) is 0. The molecule has 0 saturated carbocycles. The van der Waals surface area contributed by atoms with Crippen LogP contribution in [0.2, 0.25) is 0 Å². The van der Waals surface area contributed by atoms with Gasteiger partial charge in [-0.2, -0.15) is 13.2 Å². The molecular weight excluding hydrogens is 283 g/mol. The van der Waals surface area contributed by atoms with Crippen molar-refractivity contribution < 1.29 is 13.2 Å².